The van der Waals surface area contributed by atoms with E-state index in [1.54, 1.807) is 0 Å². The zero-order valence-electron chi connectivity index (χ0n) is 10.2. The van der Waals surface area contributed by atoms with Gasteiger partial charge in [0.05, 0.1) is 5.69 Å². The van der Waals surface area contributed by atoms with E-state index in [0.29, 0.717) is 17.1 Å². The minimum atomic E-state index is -2.37. The van der Waals surface area contributed by atoms with Gasteiger partial charge < -0.3 is 15.6 Å². The molecule has 0 amide bonds. The molecule has 0 aromatic heterocycles. The van der Waals surface area contributed by atoms with Gasteiger partial charge in [0.25, 0.3) is 0 Å². The van der Waals surface area contributed by atoms with Gasteiger partial charge in [-0.05, 0) is 53.5 Å². The first-order chi connectivity index (χ1) is 8.56. The number of halogens is 1. The van der Waals surface area contributed by atoms with Crippen molar-refractivity contribution in [1.82, 2.24) is 0 Å². The second-order valence-corrected chi connectivity index (χ2v) is 4.53. The second-order valence-electron chi connectivity index (χ2n) is 3.62. The summed E-state index contributed by atoms with van der Waals surface area (Å²) >= 11 is -2.37. The van der Waals surface area contributed by atoms with Gasteiger partial charge in [0, 0.05) is 16.3 Å². The third kappa shape index (κ3) is 4.29. The van der Waals surface area contributed by atoms with Crippen LogP contribution in [0.15, 0.2) is 47.4 Å². The first-order valence-corrected chi connectivity index (χ1v) is 6.15. The summed E-state index contributed by atoms with van der Waals surface area (Å²) in [5.74, 6) is -0.360. The first-order valence-electron chi connectivity index (χ1n) is 5.07. The van der Waals surface area contributed by atoms with Crippen LogP contribution in [0.3, 0.4) is 0 Å². The topological polar surface area (TPSA) is 78.2 Å². The third-order valence-electron chi connectivity index (χ3n) is 2.31. The number of anilines is 3. The van der Waals surface area contributed by atoms with Gasteiger partial charge in [0.15, 0.2) is 0 Å². The van der Waals surface area contributed by atoms with Gasteiger partial charge in [-0.1, -0.05) is 0 Å². The fourth-order valence-corrected chi connectivity index (χ4v) is 1.95. The molecule has 4 nitrogen and oxygen atoms in total. The first kappa shape index (κ1) is 16.1. The van der Waals surface area contributed by atoms with Crippen molar-refractivity contribution in [1.29, 1.82) is 0 Å². The Bertz CT molecular complexity index is 593. The fourth-order valence-electron chi connectivity index (χ4n) is 1.48. The Hall–Kier alpha value is -0.920. The molecule has 0 saturated heterocycles. The van der Waals surface area contributed by atoms with Crippen molar-refractivity contribution in [2.75, 3.05) is 11.1 Å². The van der Waals surface area contributed by atoms with E-state index < -0.39 is 11.1 Å². The van der Waals surface area contributed by atoms with E-state index >= 15 is 0 Å². The molecule has 3 N–H and O–H groups in total. The summed E-state index contributed by atoms with van der Waals surface area (Å²) in [6.45, 7) is 0. The molecule has 2 rings (SSSR count). The van der Waals surface area contributed by atoms with Crippen LogP contribution in [0.5, 0.6) is 0 Å². The number of benzene rings is 2. The van der Waals surface area contributed by atoms with Gasteiger partial charge in [-0.15, -0.1) is 0 Å². The van der Waals surface area contributed by atoms with Crippen LogP contribution in [0.4, 0.5) is 21.5 Å². The molecule has 0 bridgehead atoms. The molecule has 94 valence electrons. The summed E-state index contributed by atoms with van der Waals surface area (Å²) in [6, 6.07) is 10.00. The predicted molar refractivity (Wildman–Crippen MR) is 67.7 cm³/mol. The average molecular weight is 288 g/mol. The van der Waals surface area contributed by atoms with E-state index in [2.05, 4.69) is 5.32 Å². The second kappa shape index (κ2) is 7.02. The van der Waals surface area contributed by atoms with E-state index in [9.17, 15) is 13.2 Å². The molecule has 2 aromatic rings. The Kier molecular flexibility index (Phi) is 5.96. The van der Waals surface area contributed by atoms with Crippen molar-refractivity contribution >= 4 is 28.1 Å². The van der Waals surface area contributed by atoms with Crippen molar-refractivity contribution < 1.29 is 42.7 Å². The SMILES string of the molecule is Nc1ccc(S(=O)[O-])c(Nc2ccc(F)cc2)c1.[Na+]. The number of nitrogen functional groups attached to an aromatic ring is 1. The molecule has 0 aliphatic rings. The van der Waals surface area contributed by atoms with Crippen LogP contribution in [0, 0.1) is 5.82 Å². The van der Waals surface area contributed by atoms with E-state index in [4.69, 9.17) is 5.73 Å². The van der Waals surface area contributed by atoms with Crippen molar-refractivity contribution in [2.45, 2.75) is 4.90 Å². The summed E-state index contributed by atoms with van der Waals surface area (Å²) in [7, 11) is 0. The largest absolute Gasteiger partial charge is 1.00 e. The van der Waals surface area contributed by atoms with Crippen LogP contribution in [0.25, 0.3) is 0 Å². The molecule has 1 unspecified atom stereocenters. The summed E-state index contributed by atoms with van der Waals surface area (Å²) in [5.41, 5.74) is 6.98. The summed E-state index contributed by atoms with van der Waals surface area (Å²) in [6.07, 6.45) is 0. The molecule has 1 atom stereocenters. The van der Waals surface area contributed by atoms with E-state index in [1.165, 1.54) is 42.5 Å². The fraction of sp³-hybridized carbons (Fsp3) is 0. The maximum absolute atomic E-state index is 12.8. The van der Waals surface area contributed by atoms with E-state index in [-0.39, 0.29) is 40.3 Å². The monoisotopic (exact) mass is 288 g/mol. The Morgan fingerprint density at radius 1 is 1.16 bits per heavy atom. The number of hydrogen-bond acceptors (Lipinski definition) is 4. The van der Waals surface area contributed by atoms with E-state index in [0.717, 1.165) is 0 Å². The van der Waals surface area contributed by atoms with Gasteiger partial charge in [0.2, 0.25) is 0 Å². The average Bonchev–Trinajstić information content (AvgIpc) is 2.32. The predicted octanol–water partition coefficient (Wildman–Crippen LogP) is -0.607. The summed E-state index contributed by atoms with van der Waals surface area (Å²) in [4.78, 5) is 0.105. The minimum Gasteiger partial charge on any atom is -0.768 e. The molecule has 0 spiro atoms. The summed E-state index contributed by atoms with van der Waals surface area (Å²) < 4.78 is 34.8. The standard InChI is InChI=1S/C12H11FN2O2S.Na/c13-8-1-4-10(5-2-8)15-11-7-9(14)3-6-12(11)18(16)17;/h1-7,15H,14H2,(H,16,17);/q;+1/p-1. The number of hydrogen-bond donors (Lipinski definition) is 2. The Labute approximate surface area is 134 Å². The molecule has 0 heterocycles. The maximum Gasteiger partial charge on any atom is 1.00 e. The Morgan fingerprint density at radius 2 is 1.79 bits per heavy atom. The van der Waals surface area contributed by atoms with Crippen molar-refractivity contribution in [3.8, 4) is 0 Å². The van der Waals surface area contributed by atoms with Gasteiger partial charge in [-0.25, -0.2) is 4.39 Å². The zero-order valence-corrected chi connectivity index (χ0v) is 13.0. The number of nitrogens with two attached hydrogens (primary N) is 1. The maximum atomic E-state index is 12.8. The summed E-state index contributed by atoms with van der Waals surface area (Å²) in [5, 5.41) is 2.88. The molecule has 0 radical (unpaired) electrons. The third-order valence-corrected chi connectivity index (χ3v) is 3.02. The van der Waals surface area contributed by atoms with Crippen molar-refractivity contribution in [2.24, 2.45) is 0 Å². The molecule has 0 fully saturated rings. The van der Waals surface area contributed by atoms with E-state index in [1.807, 2.05) is 0 Å². The van der Waals surface area contributed by atoms with Crippen LogP contribution in [-0.4, -0.2) is 8.76 Å². The Morgan fingerprint density at radius 3 is 2.37 bits per heavy atom. The molecule has 19 heavy (non-hydrogen) atoms. The number of nitrogens with one attached hydrogen (secondary N) is 1. The van der Waals surface area contributed by atoms with Crippen molar-refractivity contribution in [3.05, 3.63) is 48.3 Å². The van der Waals surface area contributed by atoms with Gasteiger partial charge >= 0.3 is 29.6 Å². The Balaban J connectivity index is 0.00000180. The van der Waals surface area contributed by atoms with Gasteiger partial charge in [-0.3, -0.25) is 4.21 Å². The van der Waals surface area contributed by atoms with Gasteiger partial charge in [0.1, 0.15) is 5.82 Å². The molecule has 7 heteroatoms. The number of rotatable bonds is 3. The zero-order chi connectivity index (χ0) is 13.1. The van der Waals surface area contributed by atoms with Crippen LogP contribution < -0.4 is 40.6 Å². The molecular formula is C12H10FN2NaO2S. The molecule has 2 aromatic carbocycles. The van der Waals surface area contributed by atoms with Crippen LogP contribution in [0.2, 0.25) is 0 Å². The normalized spacial score (nSPS) is 11.5. The smallest absolute Gasteiger partial charge is 0.768 e. The van der Waals surface area contributed by atoms with Crippen LogP contribution in [0.1, 0.15) is 0 Å². The van der Waals surface area contributed by atoms with Crippen LogP contribution >= 0.6 is 0 Å². The van der Waals surface area contributed by atoms with Gasteiger partial charge in [-0.2, -0.15) is 0 Å². The minimum absolute atomic E-state index is 0. The van der Waals surface area contributed by atoms with Crippen LogP contribution in [-0.2, 0) is 11.1 Å². The molecule has 0 aliphatic heterocycles. The quantitative estimate of drug-likeness (QED) is 0.449. The molecule has 0 saturated carbocycles. The molecular weight excluding hydrogens is 278 g/mol. The molecule has 0 aliphatic carbocycles. The van der Waals surface area contributed by atoms with Crippen molar-refractivity contribution in [3.63, 3.8) is 0 Å².